The smallest absolute Gasteiger partial charge is 0.255 e. The molecule has 0 saturated carbocycles. The van der Waals surface area contributed by atoms with Gasteiger partial charge in [0, 0.05) is 30.8 Å². The van der Waals surface area contributed by atoms with Crippen molar-refractivity contribution in [1.82, 2.24) is 20.1 Å². The molecule has 0 radical (unpaired) electrons. The predicted octanol–water partition coefficient (Wildman–Crippen LogP) is 3.79. The maximum atomic E-state index is 13.7. The van der Waals surface area contributed by atoms with Crippen LogP contribution >= 0.6 is 0 Å². The Bertz CT molecular complexity index is 1240. The Labute approximate surface area is 217 Å². The summed E-state index contributed by atoms with van der Waals surface area (Å²) >= 11 is 0. The van der Waals surface area contributed by atoms with Gasteiger partial charge in [-0.05, 0) is 36.8 Å². The fourth-order valence-electron chi connectivity index (χ4n) is 5.16. The van der Waals surface area contributed by atoms with Crippen LogP contribution in [0.25, 0.3) is 11.3 Å². The topological polar surface area (TPSA) is 95.8 Å². The Balaban J connectivity index is 1.42. The highest BCUT2D eigenvalue weighted by atomic mass is 16.3. The van der Waals surface area contributed by atoms with Gasteiger partial charge in [-0.25, -0.2) is 4.98 Å². The van der Waals surface area contributed by atoms with Gasteiger partial charge in [-0.15, -0.1) is 0 Å². The van der Waals surface area contributed by atoms with E-state index >= 15 is 0 Å². The van der Waals surface area contributed by atoms with Crippen LogP contribution in [0.4, 0.5) is 0 Å². The fraction of sp³-hybridized carbons (Fsp3) is 0.379. The van der Waals surface area contributed by atoms with Crippen molar-refractivity contribution in [3.05, 3.63) is 78.4 Å². The van der Waals surface area contributed by atoms with Gasteiger partial charge < -0.3 is 19.5 Å². The summed E-state index contributed by atoms with van der Waals surface area (Å²) in [6.45, 7) is 14.4. The number of aromatic nitrogens is 1. The number of oxazole rings is 1. The van der Waals surface area contributed by atoms with E-state index in [-0.39, 0.29) is 23.6 Å². The summed E-state index contributed by atoms with van der Waals surface area (Å²) in [4.78, 5) is 47.3. The lowest BCUT2D eigenvalue weighted by molar-refractivity contribution is -0.147. The highest BCUT2D eigenvalue weighted by molar-refractivity contribution is 6.03. The first-order valence-corrected chi connectivity index (χ1v) is 12.6. The van der Waals surface area contributed by atoms with E-state index < -0.39 is 12.1 Å². The molecule has 2 aliphatic rings. The molecule has 37 heavy (non-hydrogen) atoms. The number of benzene rings is 1. The number of likely N-dealkylation sites (tertiary alicyclic amines) is 1. The van der Waals surface area contributed by atoms with E-state index in [9.17, 15) is 14.4 Å². The lowest BCUT2D eigenvalue weighted by Gasteiger charge is -2.35. The van der Waals surface area contributed by atoms with Crippen LogP contribution < -0.4 is 5.32 Å². The third kappa shape index (κ3) is 5.14. The van der Waals surface area contributed by atoms with Crippen LogP contribution in [-0.4, -0.2) is 57.7 Å². The maximum Gasteiger partial charge on any atom is 0.255 e. The van der Waals surface area contributed by atoms with Gasteiger partial charge in [0.15, 0.2) is 12.2 Å². The number of rotatable bonds is 9. The Morgan fingerprint density at radius 1 is 1.22 bits per heavy atom. The van der Waals surface area contributed by atoms with Crippen molar-refractivity contribution in [1.29, 1.82) is 0 Å². The first-order chi connectivity index (χ1) is 17.8. The van der Waals surface area contributed by atoms with Crippen molar-refractivity contribution in [3.63, 3.8) is 0 Å². The molecule has 2 aliphatic heterocycles. The van der Waals surface area contributed by atoms with Gasteiger partial charge in [-0.3, -0.25) is 14.4 Å². The van der Waals surface area contributed by atoms with Gasteiger partial charge >= 0.3 is 0 Å². The summed E-state index contributed by atoms with van der Waals surface area (Å²) in [5.41, 5.74) is 3.92. The number of aryl methyl sites for hydroxylation is 1. The van der Waals surface area contributed by atoms with Crippen LogP contribution in [0.1, 0.15) is 37.9 Å². The van der Waals surface area contributed by atoms with E-state index in [1.54, 1.807) is 15.9 Å². The Morgan fingerprint density at radius 3 is 2.51 bits per heavy atom. The lowest BCUT2D eigenvalue weighted by atomic mass is 10.00. The molecule has 3 amide bonds. The van der Waals surface area contributed by atoms with Gasteiger partial charge in [0.1, 0.15) is 12.1 Å². The monoisotopic (exact) mass is 502 g/mol. The molecule has 1 N–H and O–H groups in total. The molecular weight excluding hydrogens is 468 g/mol. The molecule has 3 heterocycles. The van der Waals surface area contributed by atoms with Crippen LogP contribution in [0.3, 0.4) is 0 Å². The summed E-state index contributed by atoms with van der Waals surface area (Å²) < 4.78 is 5.44. The molecule has 1 aromatic heterocycles. The molecule has 8 heteroatoms. The summed E-state index contributed by atoms with van der Waals surface area (Å²) in [5.74, 6) is 0.000539. The summed E-state index contributed by atoms with van der Waals surface area (Å²) in [5, 5.41) is 2.99. The van der Waals surface area contributed by atoms with Gasteiger partial charge in [0.25, 0.3) is 5.91 Å². The minimum atomic E-state index is -0.666. The standard InChI is InChI=1S/C29H34N4O4/c1-6-21-16-33(28(35)23(21)7-2)25(18(3)4)29(36)32-14-8-9-24(32)27(34)30-15-20-10-12-22(13-11-20)26-19(5)31-17-37-26/h6-7,10-13,17-18,24-25H,1-2,8-9,14-16H2,3-5H3,(H,30,34). The molecular formula is C29H34N4O4. The average molecular weight is 503 g/mol. The number of carbonyl (C=O) groups is 3. The maximum absolute atomic E-state index is 13.7. The highest BCUT2D eigenvalue weighted by Gasteiger charge is 2.43. The van der Waals surface area contributed by atoms with E-state index in [0.29, 0.717) is 31.6 Å². The molecule has 0 spiro atoms. The normalized spacial score (nSPS) is 18.5. The molecule has 2 unspecified atom stereocenters. The molecule has 0 aliphatic carbocycles. The van der Waals surface area contributed by atoms with Crippen molar-refractivity contribution in [2.75, 3.05) is 13.1 Å². The lowest BCUT2D eigenvalue weighted by Crippen LogP contribution is -2.55. The van der Waals surface area contributed by atoms with Crippen LogP contribution in [0, 0.1) is 12.8 Å². The van der Waals surface area contributed by atoms with Gasteiger partial charge in [0.2, 0.25) is 11.8 Å². The molecule has 1 fully saturated rings. The van der Waals surface area contributed by atoms with Crippen LogP contribution in [0.5, 0.6) is 0 Å². The molecule has 194 valence electrons. The molecule has 1 aromatic carbocycles. The van der Waals surface area contributed by atoms with Crippen molar-refractivity contribution in [2.45, 2.75) is 52.2 Å². The minimum absolute atomic E-state index is 0.123. The van der Waals surface area contributed by atoms with Crippen molar-refractivity contribution >= 4 is 17.7 Å². The van der Waals surface area contributed by atoms with E-state index in [1.165, 1.54) is 12.5 Å². The van der Waals surface area contributed by atoms with Gasteiger partial charge in [-0.1, -0.05) is 63.4 Å². The zero-order valence-corrected chi connectivity index (χ0v) is 21.7. The number of amides is 3. The Morgan fingerprint density at radius 2 is 1.95 bits per heavy atom. The van der Waals surface area contributed by atoms with E-state index in [0.717, 1.165) is 34.6 Å². The summed E-state index contributed by atoms with van der Waals surface area (Å²) in [6, 6.07) is 6.51. The van der Waals surface area contributed by atoms with Gasteiger partial charge in [-0.2, -0.15) is 0 Å². The predicted molar refractivity (Wildman–Crippen MR) is 141 cm³/mol. The second-order valence-electron chi connectivity index (χ2n) is 9.84. The zero-order chi connectivity index (χ0) is 26.7. The third-order valence-electron chi connectivity index (χ3n) is 7.12. The Kier molecular flexibility index (Phi) is 7.76. The molecule has 4 rings (SSSR count). The molecule has 2 aromatic rings. The Hall–Kier alpha value is -3.94. The minimum Gasteiger partial charge on any atom is -0.443 e. The number of carbonyl (C=O) groups excluding carboxylic acids is 3. The molecule has 2 atom stereocenters. The molecule has 0 bridgehead atoms. The SMILES string of the molecule is C=CC1=C(C=C)C(=O)N(C(C(=O)N2CCCC2C(=O)NCc2ccc(-c3ocnc3C)cc2)C(C)C)C1. The van der Waals surface area contributed by atoms with E-state index in [4.69, 9.17) is 4.42 Å². The average Bonchev–Trinajstić information content (AvgIpc) is 3.62. The first-order valence-electron chi connectivity index (χ1n) is 12.6. The largest absolute Gasteiger partial charge is 0.443 e. The third-order valence-corrected chi connectivity index (χ3v) is 7.12. The second-order valence-corrected chi connectivity index (χ2v) is 9.84. The molecule has 8 nitrogen and oxygen atoms in total. The second kappa shape index (κ2) is 11.0. The number of nitrogens with one attached hydrogen (secondary N) is 1. The van der Waals surface area contributed by atoms with E-state index in [1.807, 2.05) is 45.0 Å². The molecule has 1 saturated heterocycles. The van der Waals surface area contributed by atoms with E-state index in [2.05, 4.69) is 23.5 Å². The van der Waals surface area contributed by atoms with Crippen molar-refractivity contribution in [3.8, 4) is 11.3 Å². The fourth-order valence-corrected chi connectivity index (χ4v) is 5.16. The van der Waals surface area contributed by atoms with Crippen molar-refractivity contribution < 1.29 is 18.8 Å². The number of hydrogen-bond donors (Lipinski definition) is 1. The summed E-state index contributed by atoms with van der Waals surface area (Å²) in [7, 11) is 0. The number of hydrogen-bond acceptors (Lipinski definition) is 5. The first kappa shape index (κ1) is 26.1. The number of nitrogens with zero attached hydrogens (tertiary/aromatic N) is 3. The summed E-state index contributed by atoms with van der Waals surface area (Å²) in [6.07, 6.45) is 5.91. The van der Waals surface area contributed by atoms with Gasteiger partial charge in [0.05, 0.1) is 5.69 Å². The quantitative estimate of drug-likeness (QED) is 0.563. The highest BCUT2D eigenvalue weighted by Crippen LogP contribution is 2.29. The zero-order valence-electron chi connectivity index (χ0n) is 21.7. The van der Waals surface area contributed by atoms with Crippen LogP contribution in [0.2, 0.25) is 0 Å². The van der Waals surface area contributed by atoms with Crippen LogP contribution in [0.15, 0.2) is 71.5 Å². The van der Waals surface area contributed by atoms with Crippen LogP contribution in [-0.2, 0) is 20.9 Å². The van der Waals surface area contributed by atoms with Crippen molar-refractivity contribution in [2.24, 2.45) is 5.92 Å².